The fourth-order valence-corrected chi connectivity index (χ4v) is 1.28. The van der Waals surface area contributed by atoms with Gasteiger partial charge in [0.15, 0.2) is 0 Å². The fraction of sp³-hybridized carbons (Fsp3) is 0.875. The molecule has 0 aromatic rings. The first-order valence-corrected chi connectivity index (χ1v) is 6.23. The van der Waals surface area contributed by atoms with Gasteiger partial charge in [-0.1, -0.05) is 0 Å². The predicted molar refractivity (Wildman–Crippen MR) is 52.2 cm³/mol. The van der Waals surface area contributed by atoms with E-state index < -0.39 is 9.84 Å². The van der Waals surface area contributed by atoms with Crippen LogP contribution in [0.4, 0.5) is 0 Å². The summed E-state index contributed by atoms with van der Waals surface area (Å²) in [5.41, 5.74) is 0. The molecule has 0 N–H and O–H groups in total. The lowest BCUT2D eigenvalue weighted by atomic mass is 10.3. The second-order valence-electron chi connectivity index (χ2n) is 3.48. The average molecular weight is 207 g/mol. The third-order valence-corrected chi connectivity index (χ3v) is 2.80. The molecule has 0 aliphatic carbocycles. The average Bonchev–Trinajstić information content (AvgIpc) is 1.97. The van der Waals surface area contributed by atoms with E-state index in [1.165, 1.54) is 0 Å². The molecule has 0 unspecified atom stereocenters. The summed E-state index contributed by atoms with van der Waals surface area (Å²) in [5.74, 6) is -0.191. The van der Waals surface area contributed by atoms with Gasteiger partial charge in [0.05, 0.1) is 5.75 Å². The molecule has 0 atom stereocenters. The molecule has 5 heteroatoms. The van der Waals surface area contributed by atoms with Crippen LogP contribution in [0.25, 0.3) is 0 Å². The van der Waals surface area contributed by atoms with Crippen molar-refractivity contribution in [1.29, 1.82) is 0 Å². The number of rotatable bonds is 4. The van der Waals surface area contributed by atoms with E-state index in [2.05, 4.69) is 0 Å². The minimum Gasteiger partial charge on any atom is -0.343 e. The van der Waals surface area contributed by atoms with Crippen LogP contribution in [-0.2, 0) is 14.6 Å². The van der Waals surface area contributed by atoms with Crippen LogP contribution in [0.5, 0.6) is 0 Å². The normalized spacial score (nSPS) is 11.8. The molecule has 0 aromatic heterocycles. The zero-order valence-electron chi connectivity index (χ0n) is 8.57. The van der Waals surface area contributed by atoms with Gasteiger partial charge in [0.2, 0.25) is 5.91 Å². The van der Waals surface area contributed by atoms with Gasteiger partial charge in [-0.15, -0.1) is 0 Å². The highest BCUT2D eigenvalue weighted by atomic mass is 32.2. The standard InChI is InChI=1S/C8H17NO3S/c1-7(2)9(3)8(10)5-6-13(4,11)12/h7H,5-6H2,1-4H3. The monoisotopic (exact) mass is 207 g/mol. The number of hydrogen-bond acceptors (Lipinski definition) is 3. The summed E-state index contributed by atoms with van der Waals surface area (Å²) in [7, 11) is -1.35. The number of carbonyl (C=O) groups is 1. The van der Waals surface area contributed by atoms with Gasteiger partial charge in [-0.05, 0) is 13.8 Å². The molecule has 0 bridgehead atoms. The maximum absolute atomic E-state index is 11.3. The molecular formula is C8H17NO3S. The zero-order valence-corrected chi connectivity index (χ0v) is 9.39. The Morgan fingerprint density at radius 3 is 2.15 bits per heavy atom. The van der Waals surface area contributed by atoms with E-state index in [4.69, 9.17) is 0 Å². The number of sulfone groups is 1. The largest absolute Gasteiger partial charge is 0.343 e. The molecule has 0 radical (unpaired) electrons. The maximum Gasteiger partial charge on any atom is 0.223 e. The Bertz CT molecular complexity index is 269. The van der Waals surface area contributed by atoms with Gasteiger partial charge in [-0.3, -0.25) is 4.79 Å². The Kier molecular flexibility index (Phi) is 4.39. The van der Waals surface area contributed by atoms with Crippen LogP contribution < -0.4 is 0 Å². The van der Waals surface area contributed by atoms with Crippen molar-refractivity contribution in [2.24, 2.45) is 0 Å². The van der Waals surface area contributed by atoms with Gasteiger partial charge < -0.3 is 4.90 Å². The molecule has 0 aliphatic heterocycles. The number of hydrogen-bond donors (Lipinski definition) is 0. The zero-order chi connectivity index (χ0) is 10.6. The molecule has 78 valence electrons. The lowest BCUT2D eigenvalue weighted by molar-refractivity contribution is -0.130. The minimum atomic E-state index is -3.03. The molecule has 0 aromatic carbocycles. The van der Waals surface area contributed by atoms with Crippen molar-refractivity contribution < 1.29 is 13.2 Å². The van der Waals surface area contributed by atoms with Crippen LogP contribution in [0.2, 0.25) is 0 Å². The van der Waals surface area contributed by atoms with Crippen molar-refractivity contribution in [3.05, 3.63) is 0 Å². The van der Waals surface area contributed by atoms with Crippen molar-refractivity contribution in [2.75, 3.05) is 19.1 Å². The molecule has 0 rings (SSSR count). The molecule has 0 spiro atoms. The fourth-order valence-electron chi connectivity index (χ4n) is 0.737. The quantitative estimate of drug-likeness (QED) is 0.665. The van der Waals surface area contributed by atoms with Crippen LogP contribution >= 0.6 is 0 Å². The summed E-state index contributed by atoms with van der Waals surface area (Å²) in [5, 5.41) is 0. The van der Waals surface area contributed by atoms with E-state index in [9.17, 15) is 13.2 Å². The van der Waals surface area contributed by atoms with Crippen molar-refractivity contribution in [3.63, 3.8) is 0 Å². The molecule has 0 saturated carbocycles. The molecule has 1 amide bonds. The molecular weight excluding hydrogens is 190 g/mol. The summed E-state index contributed by atoms with van der Waals surface area (Å²) in [6.07, 6.45) is 1.21. The summed E-state index contributed by atoms with van der Waals surface area (Å²) >= 11 is 0. The van der Waals surface area contributed by atoms with Gasteiger partial charge in [0, 0.05) is 25.8 Å². The number of amides is 1. The smallest absolute Gasteiger partial charge is 0.223 e. The van der Waals surface area contributed by atoms with Crippen LogP contribution in [0, 0.1) is 0 Å². The molecule has 0 heterocycles. The Morgan fingerprint density at radius 2 is 1.85 bits per heavy atom. The Morgan fingerprint density at radius 1 is 1.38 bits per heavy atom. The Hall–Kier alpha value is -0.580. The SMILES string of the molecule is CC(C)N(C)C(=O)CCS(C)(=O)=O. The van der Waals surface area contributed by atoms with Crippen molar-refractivity contribution in [2.45, 2.75) is 26.3 Å². The molecule has 13 heavy (non-hydrogen) atoms. The van der Waals surface area contributed by atoms with Gasteiger partial charge in [-0.25, -0.2) is 8.42 Å². The highest BCUT2D eigenvalue weighted by Crippen LogP contribution is 1.99. The molecule has 0 saturated heterocycles. The summed E-state index contributed by atoms with van der Waals surface area (Å²) in [6, 6.07) is 0.118. The first-order valence-electron chi connectivity index (χ1n) is 4.17. The Balaban J connectivity index is 4.03. The van der Waals surface area contributed by atoms with Gasteiger partial charge >= 0.3 is 0 Å². The lowest BCUT2D eigenvalue weighted by Gasteiger charge is -2.21. The summed E-state index contributed by atoms with van der Waals surface area (Å²) < 4.78 is 21.5. The third kappa shape index (κ3) is 5.63. The van der Waals surface area contributed by atoms with E-state index in [0.717, 1.165) is 6.26 Å². The van der Waals surface area contributed by atoms with Gasteiger partial charge in [0.25, 0.3) is 0 Å². The van der Waals surface area contributed by atoms with E-state index in [-0.39, 0.29) is 24.1 Å². The molecule has 0 fully saturated rings. The molecule has 4 nitrogen and oxygen atoms in total. The summed E-state index contributed by atoms with van der Waals surface area (Å²) in [4.78, 5) is 12.8. The van der Waals surface area contributed by atoms with Crippen molar-refractivity contribution in [3.8, 4) is 0 Å². The minimum absolute atomic E-state index is 0.0666. The van der Waals surface area contributed by atoms with Gasteiger partial charge in [0.1, 0.15) is 9.84 Å². The number of carbonyl (C=O) groups excluding carboxylic acids is 1. The van der Waals surface area contributed by atoms with Crippen LogP contribution in [0.1, 0.15) is 20.3 Å². The van der Waals surface area contributed by atoms with E-state index in [1.54, 1.807) is 11.9 Å². The second kappa shape index (κ2) is 4.60. The first kappa shape index (κ1) is 12.4. The maximum atomic E-state index is 11.3. The third-order valence-electron chi connectivity index (χ3n) is 1.85. The van der Waals surface area contributed by atoms with Crippen LogP contribution in [0.3, 0.4) is 0 Å². The van der Waals surface area contributed by atoms with Crippen LogP contribution in [-0.4, -0.2) is 44.3 Å². The first-order chi connectivity index (χ1) is 5.74. The lowest BCUT2D eigenvalue weighted by Crippen LogP contribution is -2.33. The number of nitrogens with zero attached hydrogens (tertiary/aromatic N) is 1. The van der Waals surface area contributed by atoms with E-state index in [1.807, 2.05) is 13.8 Å². The van der Waals surface area contributed by atoms with Crippen molar-refractivity contribution >= 4 is 15.7 Å². The van der Waals surface area contributed by atoms with E-state index in [0.29, 0.717) is 0 Å². The summed E-state index contributed by atoms with van der Waals surface area (Å²) in [6.45, 7) is 3.77. The predicted octanol–water partition coefficient (Wildman–Crippen LogP) is 0.288. The highest BCUT2D eigenvalue weighted by Gasteiger charge is 2.13. The van der Waals surface area contributed by atoms with E-state index >= 15 is 0 Å². The topological polar surface area (TPSA) is 54.5 Å². The Labute approximate surface area is 79.8 Å². The van der Waals surface area contributed by atoms with Crippen LogP contribution in [0.15, 0.2) is 0 Å². The highest BCUT2D eigenvalue weighted by molar-refractivity contribution is 7.90. The second-order valence-corrected chi connectivity index (χ2v) is 5.74. The molecule has 0 aliphatic rings. The van der Waals surface area contributed by atoms with Gasteiger partial charge in [-0.2, -0.15) is 0 Å². The van der Waals surface area contributed by atoms with Crippen molar-refractivity contribution in [1.82, 2.24) is 4.90 Å².